The molecule has 0 spiro atoms. The van der Waals surface area contributed by atoms with Crippen LogP contribution >= 0.6 is 11.6 Å². The summed E-state index contributed by atoms with van der Waals surface area (Å²) in [6, 6.07) is 15.4. The van der Waals surface area contributed by atoms with Crippen LogP contribution in [0.15, 0.2) is 54.7 Å². The van der Waals surface area contributed by atoms with E-state index in [-0.39, 0.29) is 5.91 Å². The van der Waals surface area contributed by atoms with Gasteiger partial charge in [0.2, 0.25) is 0 Å². The monoisotopic (exact) mass is 434 g/mol. The summed E-state index contributed by atoms with van der Waals surface area (Å²) >= 11 is 6.00. The fourth-order valence-corrected chi connectivity index (χ4v) is 3.78. The number of benzene rings is 2. The maximum atomic E-state index is 12.9. The van der Waals surface area contributed by atoms with Crippen molar-refractivity contribution in [3.63, 3.8) is 0 Å². The zero-order valence-corrected chi connectivity index (χ0v) is 18.4. The molecule has 31 heavy (non-hydrogen) atoms. The summed E-state index contributed by atoms with van der Waals surface area (Å²) in [5.41, 5.74) is 5.95. The molecule has 2 heterocycles. The Bertz CT molecular complexity index is 1250. The number of fused-ring (bicyclic) bond motifs is 1. The lowest BCUT2D eigenvalue weighted by Gasteiger charge is -2.12. The molecule has 0 fully saturated rings. The zero-order chi connectivity index (χ0) is 22.0. The number of ether oxygens (including phenoxy) is 1. The van der Waals surface area contributed by atoms with Gasteiger partial charge in [-0.3, -0.25) is 4.79 Å². The number of methoxy groups -OCH3 is 1. The van der Waals surface area contributed by atoms with Crippen molar-refractivity contribution in [2.75, 3.05) is 7.11 Å². The molecule has 0 atom stereocenters. The second-order valence-corrected chi connectivity index (χ2v) is 7.79. The minimum atomic E-state index is -0.224. The number of hydrogen-bond acceptors (Lipinski definition) is 4. The highest BCUT2D eigenvalue weighted by Gasteiger charge is 2.18. The molecule has 0 unspecified atom stereocenters. The summed E-state index contributed by atoms with van der Waals surface area (Å²) in [7, 11) is 1.61. The smallest absolute Gasteiger partial charge is 0.257 e. The molecule has 0 aliphatic heterocycles. The van der Waals surface area contributed by atoms with E-state index < -0.39 is 0 Å². The van der Waals surface area contributed by atoms with Crippen LogP contribution in [0.5, 0.6) is 5.75 Å². The predicted octanol–water partition coefficient (Wildman–Crippen LogP) is 4.53. The second-order valence-electron chi connectivity index (χ2n) is 7.35. The van der Waals surface area contributed by atoms with E-state index in [4.69, 9.17) is 21.3 Å². The molecule has 7 heteroatoms. The van der Waals surface area contributed by atoms with Gasteiger partial charge >= 0.3 is 0 Å². The first-order chi connectivity index (χ1) is 15.0. The summed E-state index contributed by atoms with van der Waals surface area (Å²) < 4.78 is 7.08. The van der Waals surface area contributed by atoms with Gasteiger partial charge in [-0.05, 0) is 43.2 Å². The fourth-order valence-electron chi connectivity index (χ4n) is 3.65. The van der Waals surface area contributed by atoms with Crippen LogP contribution in [-0.2, 0) is 13.0 Å². The lowest BCUT2D eigenvalue weighted by molar-refractivity contribution is 0.0952. The van der Waals surface area contributed by atoms with E-state index in [0.29, 0.717) is 29.2 Å². The molecule has 0 saturated carbocycles. The van der Waals surface area contributed by atoms with Crippen LogP contribution in [-0.4, -0.2) is 27.6 Å². The van der Waals surface area contributed by atoms with E-state index in [9.17, 15) is 4.79 Å². The number of nitrogens with one attached hydrogen (secondary N) is 1. The lowest BCUT2D eigenvalue weighted by Crippen LogP contribution is -2.23. The molecule has 0 radical (unpaired) electrons. The number of carbonyl (C=O) groups is 1. The van der Waals surface area contributed by atoms with Crippen molar-refractivity contribution in [2.45, 2.75) is 26.8 Å². The molecule has 158 valence electrons. The first-order valence-corrected chi connectivity index (χ1v) is 10.3. The van der Waals surface area contributed by atoms with E-state index in [1.54, 1.807) is 17.8 Å². The Labute approximate surface area is 185 Å². The van der Waals surface area contributed by atoms with Crippen LogP contribution in [0.4, 0.5) is 0 Å². The molecule has 0 aliphatic rings. The number of rotatable bonds is 6. The molecule has 2 aromatic heterocycles. The number of aryl methyl sites for hydroxylation is 2. The largest absolute Gasteiger partial charge is 0.496 e. The van der Waals surface area contributed by atoms with Crippen molar-refractivity contribution in [3.8, 4) is 5.75 Å². The minimum absolute atomic E-state index is 0.224. The predicted molar refractivity (Wildman–Crippen MR) is 121 cm³/mol. The zero-order valence-electron chi connectivity index (χ0n) is 17.6. The minimum Gasteiger partial charge on any atom is -0.496 e. The average Bonchev–Trinajstić information content (AvgIpc) is 3.20. The number of aromatic nitrogens is 3. The quantitative estimate of drug-likeness (QED) is 0.484. The summed E-state index contributed by atoms with van der Waals surface area (Å²) in [5, 5.41) is 8.08. The van der Waals surface area contributed by atoms with Crippen molar-refractivity contribution in [1.29, 1.82) is 0 Å². The molecule has 4 rings (SSSR count). The molecule has 6 nitrogen and oxygen atoms in total. The molecule has 0 saturated heterocycles. The number of halogens is 1. The molecular formula is C24H23ClN4O2. The maximum absolute atomic E-state index is 12.9. The van der Waals surface area contributed by atoms with E-state index >= 15 is 0 Å². The van der Waals surface area contributed by atoms with Crippen molar-refractivity contribution < 1.29 is 9.53 Å². The van der Waals surface area contributed by atoms with Crippen LogP contribution in [0.3, 0.4) is 0 Å². The first kappa shape index (κ1) is 20.9. The molecule has 1 N–H and O–H groups in total. The Morgan fingerprint density at radius 3 is 2.61 bits per heavy atom. The van der Waals surface area contributed by atoms with Crippen LogP contribution in [0, 0.1) is 13.8 Å². The fraction of sp³-hybridized carbons (Fsp3) is 0.208. The van der Waals surface area contributed by atoms with Crippen LogP contribution in [0.1, 0.15) is 38.4 Å². The number of amides is 1. The van der Waals surface area contributed by atoms with Crippen molar-refractivity contribution in [2.24, 2.45) is 0 Å². The van der Waals surface area contributed by atoms with Gasteiger partial charge in [-0.2, -0.15) is 5.10 Å². The van der Waals surface area contributed by atoms with Crippen LogP contribution in [0.25, 0.3) is 5.65 Å². The molecule has 1 amide bonds. The normalized spacial score (nSPS) is 11.0. The Morgan fingerprint density at radius 2 is 1.87 bits per heavy atom. The third kappa shape index (κ3) is 4.25. The number of hydrogen-bond donors (Lipinski definition) is 1. The molecule has 2 aromatic carbocycles. The topological polar surface area (TPSA) is 68.5 Å². The van der Waals surface area contributed by atoms with Crippen LogP contribution in [0.2, 0.25) is 5.02 Å². The lowest BCUT2D eigenvalue weighted by atomic mass is 10.0. The van der Waals surface area contributed by atoms with Gasteiger partial charge in [0.1, 0.15) is 11.3 Å². The summed E-state index contributed by atoms with van der Waals surface area (Å²) in [6.45, 7) is 4.31. The number of para-hydroxylation sites is 1. The molecule has 0 bridgehead atoms. The Balaban J connectivity index is 1.60. The Morgan fingerprint density at radius 1 is 1.13 bits per heavy atom. The van der Waals surface area contributed by atoms with E-state index in [0.717, 1.165) is 33.8 Å². The summed E-state index contributed by atoms with van der Waals surface area (Å²) in [4.78, 5) is 17.6. The van der Waals surface area contributed by atoms with E-state index in [1.165, 1.54) is 0 Å². The van der Waals surface area contributed by atoms with Crippen molar-refractivity contribution in [3.05, 3.63) is 93.4 Å². The highest BCUT2D eigenvalue weighted by molar-refractivity contribution is 6.30. The molecule has 4 aromatic rings. The Kier molecular flexibility index (Phi) is 5.91. The highest BCUT2D eigenvalue weighted by atomic mass is 35.5. The summed E-state index contributed by atoms with van der Waals surface area (Å²) in [6.07, 6.45) is 2.28. The molecule has 0 aliphatic carbocycles. The van der Waals surface area contributed by atoms with Gasteiger partial charge in [0.05, 0.1) is 13.3 Å². The SMILES string of the molecule is COc1ccccc1CNC(=O)c1cnn2c(C)c(Cc3ccc(Cl)cc3)c(C)nc12. The highest BCUT2D eigenvalue weighted by Crippen LogP contribution is 2.22. The third-order valence-corrected chi connectivity index (χ3v) is 5.63. The van der Waals surface area contributed by atoms with Crippen molar-refractivity contribution in [1.82, 2.24) is 19.9 Å². The van der Waals surface area contributed by atoms with Gasteiger partial charge in [0.25, 0.3) is 5.91 Å². The number of nitrogens with zero attached hydrogens (tertiary/aromatic N) is 3. The number of carbonyl (C=O) groups excluding carboxylic acids is 1. The maximum Gasteiger partial charge on any atom is 0.257 e. The summed E-state index contributed by atoms with van der Waals surface area (Å²) in [5.74, 6) is 0.511. The van der Waals surface area contributed by atoms with Gasteiger partial charge < -0.3 is 10.1 Å². The second kappa shape index (κ2) is 8.78. The third-order valence-electron chi connectivity index (χ3n) is 5.38. The van der Waals surface area contributed by atoms with E-state index in [1.807, 2.05) is 62.4 Å². The first-order valence-electron chi connectivity index (χ1n) is 9.96. The Hall–Kier alpha value is -3.38. The standard InChI is InChI=1S/C24H23ClN4O2/c1-15-20(12-17-8-10-19(25)11-9-17)16(2)29-23(28-15)21(14-27-29)24(30)26-13-18-6-4-5-7-22(18)31-3/h4-11,14H,12-13H2,1-3H3,(H,26,30). The van der Waals surface area contributed by atoms with Gasteiger partial charge in [-0.15, -0.1) is 0 Å². The van der Waals surface area contributed by atoms with Crippen LogP contribution < -0.4 is 10.1 Å². The molecular weight excluding hydrogens is 412 g/mol. The van der Waals surface area contributed by atoms with E-state index in [2.05, 4.69) is 10.4 Å². The average molecular weight is 435 g/mol. The van der Waals surface area contributed by atoms with Crippen molar-refractivity contribution >= 4 is 23.2 Å². The van der Waals surface area contributed by atoms with Gasteiger partial charge in [0, 0.05) is 34.9 Å². The van der Waals surface area contributed by atoms with Gasteiger partial charge in [-0.25, -0.2) is 9.50 Å². The van der Waals surface area contributed by atoms with Gasteiger partial charge in [-0.1, -0.05) is 41.9 Å². The van der Waals surface area contributed by atoms with Gasteiger partial charge in [0.15, 0.2) is 5.65 Å².